The van der Waals surface area contributed by atoms with E-state index in [9.17, 15) is 0 Å². The summed E-state index contributed by atoms with van der Waals surface area (Å²) in [5.74, 6) is 1.90. The number of aromatic nitrogens is 2. The number of imidazole rings is 1. The zero-order valence-corrected chi connectivity index (χ0v) is 11.8. The molecule has 19 heavy (non-hydrogen) atoms. The molecule has 1 aromatic heterocycles. The van der Waals surface area contributed by atoms with Crippen LogP contribution in [-0.2, 0) is 13.5 Å². The topological polar surface area (TPSA) is 53.1 Å². The maximum absolute atomic E-state index is 5.96. The van der Waals surface area contributed by atoms with E-state index in [4.69, 9.17) is 10.5 Å². The molecule has 0 fully saturated rings. The molecule has 0 spiro atoms. The van der Waals surface area contributed by atoms with Crippen LogP contribution in [0, 0.1) is 6.92 Å². The first-order chi connectivity index (χ1) is 9.08. The maximum atomic E-state index is 5.96. The quantitative estimate of drug-likeness (QED) is 0.897. The summed E-state index contributed by atoms with van der Waals surface area (Å²) < 4.78 is 7.88. The lowest BCUT2D eigenvalue weighted by atomic mass is 10.1. The summed E-state index contributed by atoms with van der Waals surface area (Å²) in [4.78, 5) is 4.28. The van der Waals surface area contributed by atoms with Gasteiger partial charge in [0.1, 0.15) is 11.6 Å². The predicted octanol–water partition coefficient (Wildman–Crippen LogP) is 2.37. The van der Waals surface area contributed by atoms with Crippen molar-refractivity contribution in [3.05, 3.63) is 47.5 Å². The molecule has 1 atom stereocenters. The van der Waals surface area contributed by atoms with Crippen LogP contribution in [0.1, 0.15) is 29.9 Å². The molecule has 0 aliphatic carbocycles. The second kappa shape index (κ2) is 5.89. The molecular formula is C15H21N3O. The SMILES string of the molecule is Cc1ccc([C@H](C)N)c(OCCc2nccn2C)c1. The smallest absolute Gasteiger partial charge is 0.124 e. The average molecular weight is 259 g/mol. The number of nitrogens with two attached hydrogens (primary N) is 1. The van der Waals surface area contributed by atoms with Crippen LogP contribution in [0.2, 0.25) is 0 Å². The van der Waals surface area contributed by atoms with Crippen molar-refractivity contribution in [2.45, 2.75) is 26.3 Å². The fraction of sp³-hybridized carbons (Fsp3) is 0.400. The monoisotopic (exact) mass is 259 g/mol. The van der Waals surface area contributed by atoms with Crippen LogP contribution in [0.25, 0.3) is 0 Å². The van der Waals surface area contributed by atoms with Crippen LogP contribution in [-0.4, -0.2) is 16.2 Å². The van der Waals surface area contributed by atoms with Crippen molar-refractivity contribution < 1.29 is 4.74 Å². The number of hydrogen-bond acceptors (Lipinski definition) is 3. The van der Waals surface area contributed by atoms with Crippen molar-refractivity contribution in [1.29, 1.82) is 0 Å². The van der Waals surface area contributed by atoms with Gasteiger partial charge in [0.05, 0.1) is 6.61 Å². The minimum Gasteiger partial charge on any atom is -0.493 e. The van der Waals surface area contributed by atoms with Gasteiger partial charge in [0, 0.05) is 37.5 Å². The van der Waals surface area contributed by atoms with Gasteiger partial charge in [-0.05, 0) is 25.5 Å². The predicted molar refractivity (Wildman–Crippen MR) is 76.2 cm³/mol. The third kappa shape index (κ3) is 3.35. The van der Waals surface area contributed by atoms with Gasteiger partial charge in [0.15, 0.2) is 0 Å². The van der Waals surface area contributed by atoms with Gasteiger partial charge >= 0.3 is 0 Å². The van der Waals surface area contributed by atoms with Crippen LogP contribution in [0.5, 0.6) is 5.75 Å². The maximum Gasteiger partial charge on any atom is 0.124 e. The Hall–Kier alpha value is -1.81. The molecule has 0 aliphatic rings. The zero-order valence-electron chi connectivity index (χ0n) is 11.8. The molecule has 0 bridgehead atoms. The van der Waals surface area contributed by atoms with E-state index in [1.165, 1.54) is 5.56 Å². The zero-order chi connectivity index (χ0) is 13.8. The Labute approximate surface area is 114 Å². The first-order valence-electron chi connectivity index (χ1n) is 6.53. The minimum absolute atomic E-state index is 0.0243. The second-order valence-electron chi connectivity index (χ2n) is 4.88. The summed E-state index contributed by atoms with van der Waals surface area (Å²) >= 11 is 0. The normalized spacial score (nSPS) is 12.4. The molecule has 0 radical (unpaired) electrons. The second-order valence-corrected chi connectivity index (χ2v) is 4.88. The van der Waals surface area contributed by atoms with Gasteiger partial charge in [-0.1, -0.05) is 12.1 Å². The van der Waals surface area contributed by atoms with E-state index in [1.54, 1.807) is 6.20 Å². The lowest BCUT2D eigenvalue weighted by Crippen LogP contribution is -2.11. The highest BCUT2D eigenvalue weighted by Gasteiger charge is 2.09. The average Bonchev–Trinajstić information content (AvgIpc) is 2.75. The van der Waals surface area contributed by atoms with Crippen molar-refractivity contribution in [2.24, 2.45) is 12.8 Å². The summed E-state index contributed by atoms with van der Waals surface area (Å²) in [6.07, 6.45) is 4.53. The van der Waals surface area contributed by atoms with Crippen molar-refractivity contribution in [3.8, 4) is 5.75 Å². The largest absolute Gasteiger partial charge is 0.493 e. The molecular weight excluding hydrogens is 238 g/mol. The van der Waals surface area contributed by atoms with Gasteiger partial charge in [0.25, 0.3) is 0 Å². The van der Waals surface area contributed by atoms with E-state index in [0.29, 0.717) is 6.61 Å². The highest BCUT2D eigenvalue weighted by molar-refractivity contribution is 5.38. The van der Waals surface area contributed by atoms with Crippen LogP contribution < -0.4 is 10.5 Å². The lowest BCUT2D eigenvalue weighted by molar-refractivity contribution is 0.312. The van der Waals surface area contributed by atoms with E-state index in [0.717, 1.165) is 23.6 Å². The summed E-state index contributed by atoms with van der Waals surface area (Å²) in [5, 5.41) is 0. The van der Waals surface area contributed by atoms with Gasteiger partial charge in [-0.15, -0.1) is 0 Å². The van der Waals surface area contributed by atoms with Gasteiger partial charge in [-0.3, -0.25) is 0 Å². The molecule has 0 saturated heterocycles. The lowest BCUT2D eigenvalue weighted by Gasteiger charge is -2.14. The number of ether oxygens (including phenoxy) is 1. The number of benzene rings is 1. The van der Waals surface area contributed by atoms with Gasteiger partial charge in [-0.2, -0.15) is 0 Å². The van der Waals surface area contributed by atoms with Crippen molar-refractivity contribution in [2.75, 3.05) is 6.61 Å². The van der Waals surface area contributed by atoms with Crippen LogP contribution >= 0.6 is 0 Å². The molecule has 0 saturated carbocycles. The van der Waals surface area contributed by atoms with Gasteiger partial charge in [0.2, 0.25) is 0 Å². The van der Waals surface area contributed by atoms with E-state index < -0.39 is 0 Å². The molecule has 4 nitrogen and oxygen atoms in total. The summed E-state index contributed by atoms with van der Waals surface area (Å²) in [6, 6.07) is 6.11. The van der Waals surface area contributed by atoms with Crippen LogP contribution in [0.3, 0.4) is 0 Å². The van der Waals surface area contributed by atoms with Crippen molar-refractivity contribution >= 4 is 0 Å². The number of nitrogens with zero attached hydrogens (tertiary/aromatic N) is 2. The van der Waals surface area contributed by atoms with E-state index in [1.807, 2.05) is 36.9 Å². The number of aryl methyl sites for hydroxylation is 2. The fourth-order valence-electron chi connectivity index (χ4n) is 2.03. The Kier molecular flexibility index (Phi) is 4.22. The molecule has 2 aromatic rings. The van der Waals surface area contributed by atoms with Gasteiger partial charge in [-0.25, -0.2) is 4.98 Å². The number of rotatable bonds is 5. The van der Waals surface area contributed by atoms with E-state index >= 15 is 0 Å². The Morgan fingerprint density at radius 1 is 1.42 bits per heavy atom. The highest BCUT2D eigenvalue weighted by Crippen LogP contribution is 2.25. The third-order valence-electron chi connectivity index (χ3n) is 3.16. The molecule has 2 rings (SSSR count). The Morgan fingerprint density at radius 2 is 2.21 bits per heavy atom. The molecule has 0 amide bonds. The van der Waals surface area contributed by atoms with E-state index in [-0.39, 0.29) is 6.04 Å². The summed E-state index contributed by atoms with van der Waals surface area (Å²) in [5.41, 5.74) is 8.18. The Bertz CT molecular complexity index is 546. The Balaban J connectivity index is 2.03. The molecule has 102 valence electrons. The number of hydrogen-bond donors (Lipinski definition) is 1. The molecule has 1 aromatic carbocycles. The summed E-state index contributed by atoms with van der Waals surface area (Å²) in [6.45, 7) is 4.63. The van der Waals surface area contributed by atoms with Crippen molar-refractivity contribution in [3.63, 3.8) is 0 Å². The van der Waals surface area contributed by atoms with Crippen LogP contribution in [0.4, 0.5) is 0 Å². The van der Waals surface area contributed by atoms with Crippen molar-refractivity contribution in [1.82, 2.24) is 9.55 Å². The molecule has 0 aliphatic heterocycles. The third-order valence-corrected chi connectivity index (χ3v) is 3.16. The Morgan fingerprint density at radius 3 is 2.84 bits per heavy atom. The first-order valence-corrected chi connectivity index (χ1v) is 6.53. The fourth-order valence-corrected chi connectivity index (χ4v) is 2.03. The minimum atomic E-state index is -0.0243. The molecule has 1 heterocycles. The summed E-state index contributed by atoms with van der Waals surface area (Å²) in [7, 11) is 1.99. The highest BCUT2D eigenvalue weighted by atomic mass is 16.5. The molecule has 2 N–H and O–H groups in total. The van der Waals surface area contributed by atoms with E-state index in [2.05, 4.69) is 18.0 Å². The van der Waals surface area contributed by atoms with Crippen LogP contribution in [0.15, 0.2) is 30.6 Å². The van der Waals surface area contributed by atoms with Gasteiger partial charge < -0.3 is 15.0 Å². The first kappa shape index (κ1) is 13.6. The standard InChI is InChI=1S/C15H21N3O/c1-11-4-5-13(12(2)16)14(10-11)19-9-6-15-17-7-8-18(15)3/h4-5,7-8,10,12H,6,9,16H2,1-3H3/t12-/m0/s1. The molecule has 4 heteroatoms. The molecule has 0 unspecified atom stereocenters.